The number of benzene rings is 1. The van der Waals surface area contributed by atoms with Crippen LogP contribution in [0.25, 0.3) is 0 Å². The second-order valence-electron chi connectivity index (χ2n) is 5.44. The average molecular weight is 308 g/mol. The van der Waals surface area contributed by atoms with E-state index in [1.165, 1.54) is 0 Å². The lowest BCUT2D eigenvalue weighted by molar-refractivity contribution is -0.146. The third-order valence-corrected chi connectivity index (χ3v) is 4.29. The summed E-state index contributed by atoms with van der Waals surface area (Å²) in [5, 5.41) is 12.7. The minimum atomic E-state index is -0.957. The molecule has 1 fully saturated rings. The number of piperidine rings is 1. The maximum atomic E-state index is 11.6. The van der Waals surface area contributed by atoms with Crippen LogP contribution in [0.3, 0.4) is 0 Å². The minimum absolute atomic E-state index is 0.0969. The van der Waals surface area contributed by atoms with Crippen molar-refractivity contribution in [2.45, 2.75) is 31.2 Å². The van der Waals surface area contributed by atoms with E-state index in [9.17, 15) is 14.7 Å². The maximum Gasteiger partial charge on any atom is 0.324 e. The van der Waals surface area contributed by atoms with Gasteiger partial charge in [-0.3, -0.25) is 9.59 Å². The van der Waals surface area contributed by atoms with E-state index in [-0.39, 0.29) is 11.5 Å². The Labute approximate surface area is 129 Å². The summed E-state index contributed by atoms with van der Waals surface area (Å²) in [5.74, 6) is -0.822. The van der Waals surface area contributed by atoms with Crippen molar-refractivity contribution in [2.75, 3.05) is 18.0 Å². The molecule has 1 aromatic carbocycles. The van der Waals surface area contributed by atoms with Crippen molar-refractivity contribution in [1.82, 2.24) is 5.32 Å². The Morgan fingerprint density at radius 2 is 2.14 bits per heavy atom. The van der Waals surface area contributed by atoms with Crippen molar-refractivity contribution >= 4 is 30.1 Å². The Morgan fingerprint density at radius 3 is 2.67 bits per heavy atom. The first-order valence-electron chi connectivity index (χ1n) is 6.99. The highest BCUT2D eigenvalue weighted by atomic mass is 32.1. The molecular weight excluding hydrogens is 288 g/mol. The summed E-state index contributed by atoms with van der Waals surface area (Å²) in [6.45, 7) is 0.697. The minimum Gasteiger partial charge on any atom is -0.480 e. The van der Waals surface area contributed by atoms with Crippen LogP contribution in [0.5, 0.6) is 0 Å². The van der Waals surface area contributed by atoms with Crippen molar-refractivity contribution in [3.63, 3.8) is 0 Å². The Morgan fingerprint density at radius 1 is 1.38 bits per heavy atom. The molecule has 6 heteroatoms. The second-order valence-corrected chi connectivity index (χ2v) is 5.76. The molecule has 0 aliphatic carbocycles. The zero-order chi connectivity index (χ0) is 15.5. The molecule has 114 valence electrons. The van der Waals surface area contributed by atoms with Crippen LogP contribution < -0.4 is 11.1 Å². The molecule has 0 bridgehead atoms. The van der Waals surface area contributed by atoms with Gasteiger partial charge < -0.3 is 16.2 Å². The van der Waals surface area contributed by atoms with Crippen LogP contribution in [0.2, 0.25) is 0 Å². The monoisotopic (exact) mass is 308 g/mol. The first-order chi connectivity index (χ1) is 9.98. The molecule has 0 aromatic heterocycles. The third kappa shape index (κ3) is 3.39. The van der Waals surface area contributed by atoms with Gasteiger partial charge in [-0.15, -0.1) is 0 Å². The van der Waals surface area contributed by atoms with Crippen molar-refractivity contribution in [2.24, 2.45) is 0 Å². The number of hydrogen-bond donors (Lipinski definition) is 4. The lowest BCUT2D eigenvalue weighted by Gasteiger charge is -2.35. The summed E-state index contributed by atoms with van der Waals surface area (Å²) < 4.78 is 0. The fourth-order valence-corrected chi connectivity index (χ4v) is 2.91. The normalized spacial score (nSPS) is 22.0. The Hall–Kier alpha value is -1.53. The van der Waals surface area contributed by atoms with Gasteiger partial charge in [0.05, 0.1) is 5.75 Å². The lowest BCUT2D eigenvalue weighted by Crippen LogP contribution is -2.56. The largest absolute Gasteiger partial charge is 0.480 e. The Balaban J connectivity index is 2.25. The molecule has 5 nitrogen and oxygen atoms in total. The molecule has 2 rings (SSSR count). The summed E-state index contributed by atoms with van der Waals surface area (Å²) >= 11 is 3.96. The third-order valence-electron chi connectivity index (χ3n) is 4.01. The van der Waals surface area contributed by atoms with E-state index in [0.717, 1.165) is 18.4 Å². The fraction of sp³-hybridized carbons (Fsp3) is 0.467. The molecule has 1 aliphatic rings. The van der Waals surface area contributed by atoms with Crippen LogP contribution in [0.1, 0.15) is 35.2 Å². The lowest BCUT2D eigenvalue weighted by atomic mass is 9.82. The number of nitrogens with two attached hydrogens (primary N) is 1. The van der Waals surface area contributed by atoms with Crippen LogP contribution in [0, 0.1) is 0 Å². The highest BCUT2D eigenvalue weighted by Crippen LogP contribution is 2.27. The standard InChI is InChI=1S/C15H20N2O3S/c16-12-7-10(13(18)9-21)3-4-11(12)8-15(14(19)20)5-1-2-6-17-15/h3-4,7,17,21H,1-2,5-6,8-9,16H2,(H,19,20)/t15-/m0/s1. The van der Waals surface area contributed by atoms with E-state index in [1.807, 2.05) is 0 Å². The number of aliphatic carboxylic acids is 1. The number of carbonyl (C=O) groups excluding carboxylic acids is 1. The number of Topliss-reactive ketones (excluding diaryl/α,β-unsaturated/α-hetero) is 1. The van der Waals surface area contributed by atoms with Crippen LogP contribution in [0.4, 0.5) is 5.69 Å². The van der Waals surface area contributed by atoms with E-state index < -0.39 is 11.5 Å². The molecule has 21 heavy (non-hydrogen) atoms. The first kappa shape index (κ1) is 15.9. The first-order valence-corrected chi connectivity index (χ1v) is 7.63. The summed E-state index contributed by atoms with van der Waals surface area (Å²) in [6, 6.07) is 5.03. The van der Waals surface area contributed by atoms with Gasteiger partial charge in [-0.05, 0) is 37.4 Å². The molecule has 1 saturated heterocycles. The molecule has 0 amide bonds. The number of anilines is 1. The number of carboxylic acids is 1. The van der Waals surface area contributed by atoms with Crippen LogP contribution in [-0.4, -0.2) is 34.7 Å². The summed E-state index contributed by atoms with van der Waals surface area (Å²) in [4.78, 5) is 23.2. The van der Waals surface area contributed by atoms with E-state index in [2.05, 4.69) is 17.9 Å². The predicted molar refractivity (Wildman–Crippen MR) is 85.0 cm³/mol. The fourth-order valence-electron chi connectivity index (χ4n) is 2.72. The topological polar surface area (TPSA) is 92.4 Å². The number of nitrogen functional groups attached to an aromatic ring is 1. The van der Waals surface area contributed by atoms with Crippen LogP contribution in [0.15, 0.2) is 18.2 Å². The van der Waals surface area contributed by atoms with Gasteiger partial charge >= 0.3 is 5.97 Å². The van der Waals surface area contributed by atoms with Crippen molar-refractivity contribution in [1.29, 1.82) is 0 Å². The van der Waals surface area contributed by atoms with E-state index in [0.29, 0.717) is 30.6 Å². The smallest absolute Gasteiger partial charge is 0.324 e. The number of rotatable bonds is 5. The van der Waals surface area contributed by atoms with Gasteiger partial charge in [0.15, 0.2) is 5.78 Å². The molecule has 1 heterocycles. The number of carbonyl (C=O) groups is 2. The SMILES string of the molecule is Nc1cc(C(=O)CS)ccc1C[C@]1(C(=O)O)CCCCN1. The number of hydrogen-bond acceptors (Lipinski definition) is 5. The van der Waals surface area contributed by atoms with Gasteiger partial charge in [-0.2, -0.15) is 12.6 Å². The number of thiol groups is 1. The highest BCUT2D eigenvalue weighted by Gasteiger charge is 2.39. The van der Waals surface area contributed by atoms with Gasteiger partial charge in [0, 0.05) is 17.7 Å². The average Bonchev–Trinajstić information content (AvgIpc) is 2.49. The van der Waals surface area contributed by atoms with Crippen molar-refractivity contribution in [3.8, 4) is 0 Å². The van der Waals surface area contributed by atoms with Crippen molar-refractivity contribution in [3.05, 3.63) is 29.3 Å². The van der Waals surface area contributed by atoms with E-state index in [4.69, 9.17) is 5.73 Å². The molecule has 1 aliphatic heterocycles. The zero-order valence-electron chi connectivity index (χ0n) is 11.8. The molecule has 0 unspecified atom stereocenters. The van der Waals surface area contributed by atoms with Gasteiger partial charge in [-0.25, -0.2) is 0 Å². The predicted octanol–water partition coefficient (Wildman–Crippen LogP) is 1.52. The van der Waals surface area contributed by atoms with E-state index >= 15 is 0 Å². The Kier molecular flexibility index (Phi) is 4.90. The molecule has 0 spiro atoms. The molecule has 0 saturated carbocycles. The quantitative estimate of drug-likeness (QED) is 0.376. The van der Waals surface area contributed by atoms with E-state index in [1.54, 1.807) is 18.2 Å². The highest BCUT2D eigenvalue weighted by molar-refractivity contribution is 7.81. The molecular formula is C15H20N2O3S. The number of carboxylic acid groups (broad SMARTS) is 1. The van der Waals surface area contributed by atoms with Gasteiger partial charge in [-0.1, -0.05) is 12.1 Å². The molecule has 0 radical (unpaired) electrons. The zero-order valence-corrected chi connectivity index (χ0v) is 12.7. The molecule has 4 N–H and O–H groups in total. The molecule has 1 atom stereocenters. The summed E-state index contributed by atoms with van der Waals surface area (Å²) in [6.07, 6.45) is 2.78. The molecule has 1 aromatic rings. The Bertz CT molecular complexity index is 554. The summed E-state index contributed by atoms with van der Waals surface area (Å²) in [5.41, 5.74) is 6.75. The van der Waals surface area contributed by atoms with Crippen LogP contribution >= 0.6 is 12.6 Å². The number of ketones is 1. The van der Waals surface area contributed by atoms with Gasteiger partial charge in [0.25, 0.3) is 0 Å². The number of nitrogens with one attached hydrogen (secondary N) is 1. The van der Waals surface area contributed by atoms with Gasteiger partial charge in [0.2, 0.25) is 0 Å². The second kappa shape index (κ2) is 6.49. The summed E-state index contributed by atoms with van der Waals surface area (Å²) in [7, 11) is 0. The van der Waals surface area contributed by atoms with Gasteiger partial charge in [0.1, 0.15) is 5.54 Å². The van der Waals surface area contributed by atoms with Crippen LogP contribution in [-0.2, 0) is 11.2 Å². The van der Waals surface area contributed by atoms with Crippen molar-refractivity contribution < 1.29 is 14.7 Å². The maximum absolute atomic E-state index is 11.6.